The maximum atomic E-state index is 13.3. The Kier molecular flexibility index (Phi) is 6.58. The second-order valence-corrected chi connectivity index (χ2v) is 8.35. The number of carbonyl (C=O) groups excluding carboxylic acids is 2. The lowest BCUT2D eigenvalue weighted by Gasteiger charge is -2.42. The Balaban J connectivity index is 1.56. The van der Waals surface area contributed by atoms with Gasteiger partial charge in [0.2, 0.25) is 0 Å². The summed E-state index contributed by atoms with van der Waals surface area (Å²) >= 11 is 0. The van der Waals surface area contributed by atoms with Gasteiger partial charge >= 0.3 is 6.09 Å². The molecule has 2 amide bonds. The molecule has 2 atom stereocenters. The molecule has 174 valence electrons. The number of amides is 2. The van der Waals surface area contributed by atoms with E-state index < -0.39 is 11.0 Å². The number of nitro benzene ring substituents is 1. The molecule has 2 unspecified atom stereocenters. The van der Waals surface area contributed by atoms with Crippen LogP contribution in [0.4, 0.5) is 16.2 Å². The van der Waals surface area contributed by atoms with Gasteiger partial charge in [-0.2, -0.15) is 0 Å². The van der Waals surface area contributed by atoms with Crippen LogP contribution in [0, 0.1) is 16.0 Å². The molecule has 1 aliphatic rings. The summed E-state index contributed by atoms with van der Waals surface area (Å²) in [7, 11) is 1.71. The second-order valence-electron chi connectivity index (χ2n) is 8.35. The third kappa shape index (κ3) is 4.61. The van der Waals surface area contributed by atoms with E-state index in [1.54, 1.807) is 16.8 Å². The van der Waals surface area contributed by atoms with Crippen molar-refractivity contribution in [3.8, 4) is 0 Å². The summed E-state index contributed by atoms with van der Waals surface area (Å²) in [6.45, 7) is 2.54. The number of hydrogen-bond acceptors (Lipinski definition) is 5. The fraction of sp³-hybridized carbons (Fsp3) is 0.231. The number of non-ortho nitro benzene ring substituents is 1. The number of fused-ring (bicyclic) bond motifs is 1. The molecular formula is C26H25N3O5. The lowest BCUT2D eigenvalue weighted by atomic mass is 9.87. The van der Waals surface area contributed by atoms with Gasteiger partial charge in [-0.25, -0.2) is 4.79 Å². The Hall–Kier alpha value is -4.20. The number of hydrogen-bond donors (Lipinski definition) is 0. The van der Waals surface area contributed by atoms with Crippen molar-refractivity contribution in [1.82, 2.24) is 4.90 Å². The van der Waals surface area contributed by atoms with Gasteiger partial charge in [0.1, 0.15) is 6.61 Å². The number of nitro groups is 1. The van der Waals surface area contributed by atoms with Crippen molar-refractivity contribution in [1.29, 1.82) is 0 Å². The molecule has 0 fully saturated rings. The molecule has 8 heteroatoms. The zero-order valence-electron chi connectivity index (χ0n) is 19.0. The Labute approximate surface area is 197 Å². The van der Waals surface area contributed by atoms with Crippen LogP contribution in [0.3, 0.4) is 0 Å². The fourth-order valence-corrected chi connectivity index (χ4v) is 4.38. The molecule has 0 aromatic heterocycles. The van der Waals surface area contributed by atoms with Crippen molar-refractivity contribution in [3.63, 3.8) is 0 Å². The van der Waals surface area contributed by atoms with E-state index >= 15 is 0 Å². The standard InChI is InChI=1S/C26H25N3O5/c1-18-16-28(25(30)20-12-14-21(15-13-20)29(32)33)23-11-7-6-10-22(23)24(18)27(2)26(31)34-17-19-8-4-3-5-9-19/h3-15,18,24H,16-17H2,1-2H3. The zero-order chi connectivity index (χ0) is 24.2. The number of benzene rings is 3. The fourth-order valence-electron chi connectivity index (χ4n) is 4.38. The molecule has 1 aliphatic heterocycles. The van der Waals surface area contributed by atoms with Crippen LogP contribution in [-0.2, 0) is 11.3 Å². The summed E-state index contributed by atoms with van der Waals surface area (Å²) in [5.74, 6) is -0.326. The molecular weight excluding hydrogens is 434 g/mol. The van der Waals surface area contributed by atoms with Crippen molar-refractivity contribution in [2.45, 2.75) is 19.6 Å². The monoisotopic (exact) mass is 459 g/mol. The summed E-state index contributed by atoms with van der Waals surface area (Å²) < 4.78 is 5.53. The summed E-state index contributed by atoms with van der Waals surface area (Å²) in [5.41, 5.74) is 2.75. The highest BCUT2D eigenvalue weighted by Crippen LogP contribution is 2.41. The number of nitrogens with zero attached hydrogens (tertiary/aromatic N) is 3. The lowest BCUT2D eigenvalue weighted by Crippen LogP contribution is -2.46. The predicted molar refractivity (Wildman–Crippen MR) is 128 cm³/mol. The molecule has 4 rings (SSSR count). The van der Waals surface area contributed by atoms with Crippen LogP contribution < -0.4 is 4.90 Å². The largest absolute Gasteiger partial charge is 0.445 e. The number of anilines is 1. The van der Waals surface area contributed by atoms with E-state index in [-0.39, 0.29) is 30.2 Å². The van der Waals surface area contributed by atoms with Crippen LogP contribution in [0.2, 0.25) is 0 Å². The van der Waals surface area contributed by atoms with Gasteiger partial charge in [0.05, 0.1) is 11.0 Å². The van der Waals surface area contributed by atoms with E-state index in [1.165, 1.54) is 24.3 Å². The number of carbonyl (C=O) groups is 2. The Morgan fingerprint density at radius 1 is 1.03 bits per heavy atom. The Morgan fingerprint density at radius 2 is 1.68 bits per heavy atom. The molecule has 3 aromatic carbocycles. The Morgan fingerprint density at radius 3 is 2.35 bits per heavy atom. The summed E-state index contributed by atoms with van der Waals surface area (Å²) in [6, 6.07) is 22.3. The van der Waals surface area contributed by atoms with Gasteiger partial charge in [0.15, 0.2) is 0 Å². The molecule has 0 radical (unpaired) electrons. The van der Waals surface area contributed by atoms with E-state index in [0.29, 0.717) is 17.8 Å². The average molecular weight is 460 g/mol. The van der Waals surface area contributed by atoms with Gasteiger partial charge in [0.25, 0.3) is 11.6 Å². The third-order valence-corrected chi connectivity index (χ3v) is 6.04. The van der Waals surface area contributed by atoms with Crippen molar-refractivity contribution in [3.05, 3.63) is 106 Å². The van der Waals surface area contributed by atoms with Crippen LogP contribution in [-0.4, -0.2) is 35.4 Å². The normalized spacial score (nSPS) is 16.9. The summed E-state index contributed by atoms with van der Waals surface area (Å²) in [6.07, 6.45) is -0.439. The highest BCUT2D eigenvalue weighted by Gasteiger charge is 2.38. The first kappa shape index (κ1) is 23.0. The average Bonchev–Trinajstić information content (AvgIpc) is 2.86. The smallest absolute Gasteiger partial charge is 0.410 e. The molecule has 0 saturated carbocycles. The maximum Gasteiger partial charge on any atom is 0.410 e. The molecule has 0 saturated heterocycles. The summed E-state index contributed by atoms with van der Waals surface area (Å²) in [5, 5.41) is 10.9. The van der Waals surface area contributed by atoms with Gasteiger partial charge in [-0.3, -0.25) is 14.9 Å². The van der Waals surface area contributed by atoms with Crippen LogP contribution in [0.1, 0.15) is 34.5 Å². The van der Waals surface area contributed by atoms with E-state index in [2.05, 4.69) is 0 Å². The summed E-state index contributed by atoms with van der Waals surface area (Å²) in [4.78, 5) is 39.9. The van der Waals surface area contributed by atoms with Gasteiger partial charge < -0.3 is 14.5 Å². The minimum absolute atomic E-state index is 0.0698. The minimum Gasteiger partial charge on any atom is -0.445 e. The first-order valence-electron chi connectivity index (χ1n) is 11.0. The SMILES string of the molecule is CC1CN(C(=O)c2ccc([N+](=O)[O-])cc2)c2ccccc2C1N(C)C(=O)OCc1ccccc1. The molecule has 3 aromatic rings. The third-order valence-electron chi connectivity index (χ3n) is 6.04. The van der Waals surface area contributed by atoms with Crippen LogP contribution in [0.5, 0.6) is 0 Å². The van der Waals surface area contributed by atoms with Gasteiger partial charge in [-0.05, 0) is 35.2 Å². The zero-order valence-corrected chi connectivity index (χ0v) is 19.0. The van der Waals surface area contributed by atoms with Crippen molar-refractivity contribution in [2.24, 2.45) is 5.92 Å². The van der Waals surface area contributed by atoms with Crippen LogP contribution in [0.25, 0.3) is 0 Å². The van der Waals surface area contributed by atoms with Gasteiger partial charge in [0, 0.05) is 37.0 Å². The minimum atomic E-state index is -0.496. The number of rotatable bonds is 5. The molecule has 34 heavy (non-hydrogen) atoms. The van der Waals surface area contributed by atoms with Gasteiger partial charge in [-0.1, -0.05) is 55.5 Å². The molecule has 1 heterocycles. The highest BCUT2D eigenvalue weighted by molar-refractivity contribution is 6.07. The molecule has 8 nitrogen and oxygen atoms in total. The second kappa shape index (κ2) is 9.74. The van der Waals surface area contributed by atoms with Crippen LogP contribution in [0.15, 0.2) is 78.9 Å². The molecule has 0 bridgehead atoms. The topological polar surface area (TPSA) is 93.0 Å². The number of ether oxygens (including phenoxy) is 1. The quantitative estimate of drug-likeness (QED) is 0.386. The molecule has 0 N–H and O–H groups in total. The maximum absolute atomic E-state index is 13.3. The van der Waals surface area contributed by atoms with E-state index in [4.69, 9.17) is 4.74 Å². The van der Waals surface area contributed by atoms with Crippen molar-refractivity contribution < 1.29 is 19.2 Å². The Bertz CT molecular complexity index is 1200. The highest BCUT2D eigenvalue weighted by atomic mass is 16.6. The first-order valence-corrected chi connectivity index (χ1v) is 11.0. The lowest BCUT2D eigenvalue weighted by molar-refractivity contribution is -0.384. The van der Waals surface area contributed by atoms with Crippen molar-refractivity contribution >= 4 is 23.4 Å². The first-order chi connectivity index (χ1) is 16.4. The predicted octanol–water partition coefficient (Wildman–Crippen LogP) is 5.20. The number of para-hydroxylation sites is 1. The molecule has 0 aliphatic carbocycles. The van der Waals surface area contributed by atoms with Crippen molar-refractivity contribution in [2.75, 3.05) is 18.5 Å². The molecule has 0 spiro atoms. The van der Waals surface area contributed by atoms with E-state index in [9.17, 15) is 19.7 Å². The van der Waals surface area contributed by atoms with Crippen LogP contribution >= 0.6 is 0 Å². The van der Waals surface area contributed by atoms with E-state index in [0.717, 1.165) is 11.1 Å². The van der Waals surface area contributed by atoms with Gasteiger partial charge in [-0.15, -0.1) is 0 Å². The van der Waals surface area contributed by atoms with E-state index in [1.807, 2.05) is 61.5 Å².